The predicted octanol–water partition coefficient (Wildman–Crippen LogP) is 1.54. The van der Waals surface area contributed by atoms with E-state index >= 15 is 0 Å². The highest BCUT2D eigenvalue weighted by Crippen LogP contribution is 2.27. The van der Waals surface area contributed by atoms with Crippen molar-refractivity contribution in [3.63, 3.8) is 0 Å². The third kappa shape index (κ3) is 8.30. The number of hydrogen-bond acceptors (Lipinski definition) is 9. The number of piperazine rings is 1. The normalized spacial score (nSPS) is 18.5. The van der Waals surface area contributed by atoms with Crippen LogP contribution in [-0.2, 0) is 23.9 Å². The maximum Gasteiger partial charge on any atom is 0.409 e. The number of para-hydroxylation sites is 1. The third-order valence-corrected chi connectivity index (χ3v) is 8.96. The molecule has 3 aliphatic rings. The minimum Gasteiger partial charge on any atom is -0.483 e. The van der Waals surface area contributed by atoms with Crippen LogP contribution in [-0.4, -0.2) is 125 Å². The standard InChI is InChI=1S/C33H42N6O9/c1-2-47-33(46)38-17-15-37(16-18-38)32(45)24(12-13-29(41)42)36-30(43)25-19-27(22-9-3-4-10-23(22)35-25)48-20-28(40)39-14-6-11-26(39)31(44)34-21-7-5-8-21/h3-4,9-10,19,21,24,26H,2,5-8,11-18,20H2,1H3,(H,34,44)(H,36,43)(H,41,42). The minimum atomic E-state index is -1.17. The summed E-state index contributed by atoms with van der Waals surface area (Å²) in [5, 5.41) is 15.5. The van der Waals surface area contributed by atoms with Gasteiger partial charge in [-0.2, -0.15) is 0 Å². The number of hydrogen-bond donors (Lipinski definition) is 3. The molecule has 1 aromatic carbocycles. The van der Waals surface area contributed by atoms with Gasteiger partial charge in [-0.15, -0.1) is 0 Å². The molecule has 2 saturated heterocycles. The number of fused-ring (bicyclic) bond motifs is 1. The Balaban J connectivity index is 1.27. The first kappa shape index (κ1) is 34.4. The van der Waals surface area contributed by atoms with Crippen LogP contribution in [0.15, 0.2) is 30.3 Å². The van der Waals surface area contributed by atoms with Gasteiger partial charge in [-0.05, 0) is 57.6 Å². The van der Waals surface area contributed by atoms with Gasteiger partial charge in [-0.1, -0.05) is 12.1 Å². The van der Waals surface area contributed by atoms with Gasteiger partial charge in [0, 0.05) is 56.6 Å². The highest BCUT2D eigenvalue weighted by Gasteiger charge is 2.36. The first-order valence-corrected chi connectivity index (χ1v) is 16.5. The Bertz CT molecular complexity index is 1540. The molecule has 15 nitrogen and oxygen atoms in total. The van der Waals surface area contributed by atoms with Crippen molar-refractivity contribution in [2.24, 2.45) is 0 Å². The minimum absolute atomic E-state index is 0.0877. The molecular formula is C33H42N6O9. The number of pyridine rings is 1. The lowest BCUT2D eigenvalue weighted by Gasteiger charge is -2.35. The van der Waals surface area contributed by atoms with Crippen molar-refractivity contribution in [1.29, 1.82) is 0 Å². The van der Waals surface area contributed by atoms with Gasteiger partial charge in [0.1, 0.15) is 23.5 Å². The van der Waals surface area contributed by atoms with E-state index in [1.54, 1.807) is 31.2 Å². The van der Waals surface area contributed by atoms with E-state index in [0.29, 0.717) is 30.3 Å². The van der Waals surface area contributed by atoms with Crippen molar-refractivity contribution in [3.8, 4) is 5.75 Å². The zero-order chi connectivity index (χ0) is 34.2. The molecule has 15 heteroatoms. The fraction of sp³-hybridized carbons (Fsp3) is 0.545. The molecule has 3 heterocycles. The summed E-state index contributed by atoms with van der Waals surface area (Å²) in [5.74, 6) is -2.60. The molecule has 258 valence electrons. The summed E-state index contributed by atoms with van der Waals surface area (Å²) in [6.07, 6.45) is 3.27. The summed E-state index contributed by atoms with van der Waals surface area (Å²) in [4.78, 5) is 85.5. The number of aromatic nitrogens is 1. The van der Waals surface area contributed by atoms with Crippen LogP contribution in [0.25, 0.3) is 10.9 Å². The van der Waals surface area contributed by atoms with E-state index in [1.165, 1.54) is 20.8 Å². The van der Waals surface area contributed by atoms with Crippen molar-refractivity contribution >= 4 is 46.6 Å². The monoisotopic (exact) mass is 666 g/mol. The average Bonchev–Trinajstić information content (AvgIpc) is 3.57. The number of nitrogens with zero attached hydrogens (tertiary/aromatic N) is 4. The van der Waals surface area contributed by atoms with Gasteiger partial charge in [0.15, 0.2) is 6.61 Å². The number of carboxylic acid groups (broad SMARTS) is 1. The summed E-state index contributed by atoms with van der Waals surface area (Å²) in [7, 11) is 0. The second-order valence-corrected chi connectivity index (χ2v) is 12.2. The lowest BCUT2D eigenvalue weighted by molar-refractivity contribution is -0.140. The van der Waals surface area contributed by atoms with Crippen LogP contribution in [0.3, 0.4) is 0 Å². The Labute approximate surface area is 277 Å². The van der Waals surface area contributed by atoms with Crippen molar-refractivity contribution in [2.75, 3.05) is 45.9 Å². The Kier molecular flexibility index (Phi) is 11.3. The van der Waals surface area contributed by atoms with Crippen LogP contribution in [0.1, 0.15) is 62.4 Å². The zero-order valence-corrected chi connectivity index (χ0v) is 27.0. The summed E-state index contributed by atoms with van der Waals surface area (Å²) < 4.78 is 11.0. The Hall–Kier alpha value is -4.95. The number of rotatable bonds is 12. The lowest BCUT2D eigenvalue weighted by Crippen LogP contribution is -2.56. The number of carbonyl (C=O) groups excluding carboxylic acids is 5. The third-order valence-electron chi connectivity index (χ3n) is 8.96. The summed E-state index contributed by atoms with van der Waals surface area (Å²) in [6.45, 7) is 2.87. The van der Waals surface area contributed by atoms with Crippen molar-refractivity contribution in [3.05, 3.63) is 36.0 Å². The molecule has 2 unspecified atom stereocenters. The molecule has 3 N–H and O–H groups in total. The molecule has 1 aliphatic carbocycles. The molecule has 1 saturated carbocycles. The Morgan fingerprint density at radius 2 is 1.71 bits per heavy atom. The zero-order valence-electron chi connectivity index (χ0n) is 27.0. The maximum atomic E-state index is 13.5. The van der Waals surface area contributed by atoms with Gasteiger partial charge >= 0.3 is 12.1 Å². The van der Waals surface area contributed by atoms with Gasteiger partial charge < -0.3 is 39.9 Å². The van der Waals surface area contributed by atoms with Crippen LogP contribution >= 0.6 is 0 Å². The summed E-state index contributed by atoms with van der Waals surface area (Å²) >= 11 is 0. The largest absolute Gasteiger partial charge is 0.483 e. The van der Waals surface area contributed by atoms with Gasteiger partial charge in [0.25, 0.3) is 11.8 Å². The number of nitrogens with one attached hydrogen (secondary N) is 2. The van der Waals surface area contributed by atoms with Crippen LogP contribution in [0.4, 0.5) is 4.79 Å². The molecule has 0 spiro atoms. The van der Waals surface area contributed by atoms with Gasteiger partial charge in [0.2, 0.25) is 11.8 Å². The molecule has 0 bridgehead atoms. The molecular weight excluding hydrogens is 624 g/mol. The van der Waals surface area contributed by atoms with Crippen LogP contribution in [0, 0.1) is 0 Å². The molecule has 1 aromatic heterocycles. The van der Waals surface area contributed by atoms with E-state index in [0.717, 1.165) is 19.3 Å². The van der Waals surface area contributed by atoms with E-state index in [2.05, 4.69) is 15.6 Å². The number of aliphatic carboxylic acids is 1. The second kappa shape index (κ2) is 15.8. The molecule has 2 aromatic rings. The predicted molar refractivity (Wildman–Crippen MR) is 171 cm³/mol. The molecule has 5 rings (SSSR count). The molecule has 2 atom stereocenters. The van der Waals surface area contributed by atoms with Gasteiger partial charge in [-0.3, -0.25) is 24.0 Å². The van der Waals surface area contributed by atoms with Gasteiger partial charge in [0.05, 0.1) is 12.1 Å². The highest BCUT2D eigenvalue weighted by atomic mass is 16.6. The van der Waals surface area contributed by atoms with Crippen molar-refractivity contribution < 1.29 is 43.3 Å². The fourth-order valence-electron chi connectivity index (χ4n) is 6.09. The molecule has 48 heavy (non-hydrogen) atoms. The fourth-order valence-corrected chi connectivity index (χ4v) is 6.09. The number of ether oxygens (including phenoxy) is 2. The van der Waals surface area contributed by atoms with E-state index in [9.17, 15) is 33.9 Å². The van der Waals surface area contributed by atoms with Gasteiger partial charge in [-0.25, -0.2) is 9.78 Å². The number of carbonyl (C=O) groups is 6. The Morgan fingerprint density at radius 1 is 0.979 bits per heavy atom. The van der Waals surface area contributed by atoms with Crippen molar-refractivity contribution in [2.45, 2.75) is 70.0 Å². The molecule has 0 radical (unpaired) electrons. The first-order chi connectivity index (χ1) is 23.1. The number of amides is 5. The number of carboxylic acids is 1. The SMILES string of the molecule is CCOC(=O)N1CCN(C(=O)C(CCC(=O)O)NC(=O)c2cc(OCC(=O)N3CCCC3C(=O)NC3CCC3)c3ccccc3n2)CC1. The lowest BCUT2D eigenvalue weighted by atomic mass is 9.93. The summed E-state index contributed by atoms with van der Waals surface area (Å²) in [6, 6.07) is 6.75. The highest BCUT2D eigenvalue weighted by molar-refractivity contribution is 5.99. The molecule has 3 fully saturated rings. The van der Waals surface area contributed by atoms with E-state index in [-0.39, 0.29) is 81.5 Å². The number of likely N-dealkylation sites (tertiary alicyclic amines) is 1. The maximum absolute atomic E-state index is 13.5. The summed E-state index contributed by atoms with van der Waals surface area (Å²) in [5.41, 5.74) is 0.324. The molecule has 5 amide bonds. The topological polar surface area (TPSA) is 188 Å². The van der Waals surface area contributed by atoms with E-state index in [1.807, 2.05) is 0 Å². The Morgan fingerprint density at radius 3 is 2.40 bits per heavy atom. The number of benzene rings is 1. The first-order valence-electron chi connectivity index (χ1n) is 16.5. The van der Waals surface area contributed by atoms with Crippen LogP contribution in [0.5, 0.6) is 5.75 Å². The van der Waals surface area contributed by atoms with Crippen molar-refractivity contribution in [1.82, 2.24) is 30.3 Å². The molecule has 2 aliphatic heterocycles. The quantitative estimate of drug-likeness (QED) is 0.300. The second-order valence-electron chi connectivity index (χ2n) is 12.2. The average molecular weight is 667 g/mol. The smallest absolute Gasteiger partial charge is 0.409 e. The van der Waals surface area contributed by atoms with E-state index in [4.69, 9.17) is 9.47 Å². The van der Waals surface area contributed by atoms with Crippen LogP contribution < -0.4 is 15.4 Å². The van der Waals surface area contributed by atoms with E-state index < -0.39 is 36.0 Å². The van der Waals surface area contributed by atoms with Crippen LogP contribution in [0.2, 0.25) is 0 Å².